The maximum atomic E-state index is 12.2. The van der Waals surface area contributed by atoms with E-state index in [0.717, 1.165) is 29.6 Å². The van der Waals surface area contributed by atoms with Gasteiger partial charge < -0.3 is 9.84 Å². The van der Waals surface area contributed by atoms with E-state index >= 15 is 0 Å². The van der Waals surface area contributed by atoms with Crippen LogP contribution >= 0.6 is 0 Å². The molecule has 140 valence electrons. The Morgan fingerprint density at radius 3 is 2.72 bits per heavy atom. The number of hydrogen-bond acceptors (Lipinski definition) is 5. The highest BCUT2D eigenvalue weighted by Crippen LogP contribution is 2.24. The van der Waals surface area contributed by atoms with E-state index in [1.165, 1.54) is 0 Å². The Kier molecular flexibility index (Phi) is 9.42. The first-order valence-electron chi connectivity index (χ1n) is 8.67. The Morgan fingerprint density at radius 2 is 2.16 bits per heavy atom. The highest BCUT2D eigenvalue weighted by Gasteiger charge is 2.24. The van der Waals surface area contributed by atoms with Crippen molar-refractivity contribution in [3.63, 3.8) is 0 Å². The smallest absolute Gasteiger partial charge is 0.334 e. The average Bonchev–Trinajstić information content (AvgIpc) is 2.56. The molecule has 0 aromatic carbocycles. The zero-order valence-electron chi connectivity index (χ0n) is 15.5. The molecule has 1 rings (SSSR count). The summed E-state index contributed by atoms with van der Waals surface area (Å²) in [6.07, 6.45) is 8.48. The molecule has 0 aromatic rings. The second kappa shape index (κ2) is 11.0. The average molecular weight is 350 g/mol. The summed E-state index contributed by atoms with van der Waals surface area (Å²) in [7, 11) is 0. The number of carbonyl (C=O) groups is 1. The number of rotatable bonds is 10. The Balaban J connectivity index is 2.54. The number of hydrogen-bond donors (Lipinski definition) is 2. The molecule has 2 unspecified atom stereocenters. The third-order valence-electron chi connectivity index (χ3n) is 4.40. The number of carbonyl (C=O) groups excluding carboxylic acids is 1. The van der Waals surface area contributed by atoms with Gasteiger partial charge in [-0.05, 0) is 57.6 Å². The maximum absolute atomic E-state index is 12.2. The molecule has 0 spiro atoms. The number of allylic oxidation sites excluding steroid dienone is 2. The lowest BCUT2D eigenvalue weighted by Crippen LogP contribution is -2.25. The van der Waals surface area contributed by atoms with Crippen molar-refractivity contribution in [3.05, 3.63) is 47.1 Å². The summed E-state index contributed by atoms with van der Waals surface area (Å²) in [6.45, 7) is 9.55. The molecule has 1 aliphatic rings. The molecule has 1 heterocycles. The molecule has 0 saturated carbocycles. The first-order valence-corrected chi connectivity index (χ1v) is 8.67. The molecule has 0 bridgehead atoms. The molecule has 5 nitrogen and oxygen atoms in total. The summed E-state index contributed by atoms with van der Waals surface area (Å²) in [5.74, 6) is -0.307. The Hall–Kier alpha value is -1.69. The van der Waals surface area contributed by atoms with E-state index in [-0.39, 0.29) is 18.7 Å². The summed E-state index contributed by atoms with van der Waals surface area (Å²) in [6, 6.07) is 0. The number of ether oxygens (including phenoxy) is 1. The molecule has 2 N–H and O–H groups in total. The highest BCUT2D eigenvalue weighted by atomic mass is 17.1. The molecule has 0 aliphatic carbocycles. The predicted octanol–water partition coefficient (Wildman–Crippen LogP) is 4.11. The Bertz CT molecular complexity index is 556. The van der Waals surface area contributed by atoms with Crippen LogP contribution in [-0.2, 0) is 14.4 Å². The summed E-state index contributed by atoms with van der Waals surface area (Å²) in [5, 5.41) is 17.7. The first-order chi connectivity index (χ1) is 11.9. The van der Waals surface area contributed by atoms with Gasteiger partial charge in [0.2, 0.25) is 0 Å². The van der Waals surface area contributed by atoms with Gasteiger partial charge in [0.25, 0.3) is 0 Å². The Morgan fingerprint density at radius 1 is 1.44 bits per heavy atom. The van der Waals surface area contributed by atoms with Crippen LogP contribution in [0.1, 0.15) is 52.9 Å². The van der Waals surface area contributed by atoms with E-state index in [4.69, 9.17) is 15.1 Å². The maximum Gasteiger partial charge on any atom is 0.334 e. The minimum atomic E-state index is -0.469. The van der Waals surface area contributed by atoms with Crippen LogP contribution in [0.25, 0.3) is 0 Å². The fourth-order valence-corrected chi connectivity index (χ4v) is 2.66. The fourth-order valence-electron chi connectivity index (χ4n) is 2.66. The van der Waals surface area contributed by atoms with E-state index in [1.807, 2.05) is 19.9 Å². The van der Waals surface area contributed by atoms with Gasteiger partial charge in [0.05, 0.1) is 6.61 Å². The van der Waals surface area contributed by atoms with Gasteiger partial charge in [-0.15, -0.1) is 0 Å². The molecular formula is C20H30O5. The van der Waals surface area contributed by atoms with E-state index in [9.17, 15) is 4.79 Å². The molecule has 0 saturated heterocycles. The van der Waals surface area contributed by atoms with Gasteiger partial charge in [-0.2, -0.15) is 0 Å². The van der Waals surface area contributed by atoms with Crippen LogP contribution in [0.2, 0.25) is 0 Å². The first kappa shape index (κ1) is 21.4. The molecule has 0 fully saturated rings. The number of esters is 1. The number of cyclic esters (lactones) is 1. The zero-order valence-corrected chi connectivity index (χ0v) is 15.5. The quantitative estimate of drug-likeness (QED) is 0.268. The van der Waals surface area contributed by atoms with Gasteiger partial charge >= 0.3 is 5.97 Å². The van der Waals surface area contributed by atoms with E-state index in [0.29, 0.717) is 24.8 Å². The van der Waals surface area contributed by atoms with Crippen LogP contribution in [0.4, 0.5) is 0 Å². The van der Waals surface area contributed by atoms with E-state index < -0.39 is 6.10 Å². The molecule has 0 amide bonds. The van der Waals surface area contributed by atoms with E-state index in [2.05, 4.69) is 17.5 Å². The van der Waals surface area contributed by atoms with Crippen LogP contribution in [-0.4, -0.2) is 35.1 Å². The van der Waals surface area contributed by atoms with Gasteiger partial charge in [-0.25, -0.2) is 9.68 Å². The third kappa shape index (κ3) is 7.38. The molecular weight excluding hydrogens is 320 g/mol. The van der Waals surface area contributed by atoms with Crippen molar-refractivity contribution in [1.82, 2.24) is 0 Å². The minimum Gasteiger partial charge on any atom is -0.454 e. The van der Waals surface area contributed by atoms with Crippen molar-refractivity contribution in [2.45, 2.75) is 65.1 Å². The molecule has 1 aliphatic heterocycles. The fraction of sp³-hybridized carbons (Fsp3) is 0.550. The van der Waals surface area contributed by atoms with Crippen LogP contribution in [0.5, 0.6) is 0 Å². The molecule has 5 heteroatoms. The standard InChI is InChI=1S/C20H30O5/c1-14(2)18(25-23)10-8-17-9-11-19(24-20(17)22)16(4)7-5-6-15(3)12-13-21/h7,9,12,18-19,21,23H,1,5-6,8,10-11,13H2,2-4H3. The largest absolute Gasteiger partial charge is 0.454 e. The topological polar surface area (TPSA) is 76.0 Å². The molecule has 2 atom stereocenters. The summed E-state index contributed by atoms with van der Waals surface area (Å²) < 4.78 is 5.54. The SMILES string of the molecule is C=C(C)C(CCC1=CCC(C(C)=CCCC(C)=CCO)OC1=O)OO. The minimum absolute atomic E-state index is 0.0654. The van der Waals surface area contributed by atoms with E-state index in [1.54, 1.807) is 13.0 Å². The monoisotopic (exact) mass is 350 g/mol. The van der Waals surface area contributed by atoms with Gasteiger partial charge in [0.1, 0.15) is 12.2 Å². The van der Waals surface area contributed by atoms with Crippen molar-refractivity contribution in [2.75, 3.05) is 6.61 Å². The van der Waals surface area contributed by atoms with Crippen LogP contribution in [0.15, 0.2) is 47.1 Å². The summed E-state index contributed by atoms with van der Waals surface area (Å²) >= 11 is 0. The van der Waals surface area contributed by atoms with Gasteiger partial charge in [0.15, 0.2) is 0 Å². The lowest BCUT2D eigenvalue weighted by Gasteiger charge is -2.24. The van der Waals surface area contributed by atoms with Crippen LogP contribution < -0.4 is 0 Å². The second-order valence-corrected chi connectivity index (χ2v) is 6.56. The van der Waals surface area contributed by atoms with Gasteiger partial charge in [-0.1, -0.05) is 30.4 Å². The number of aliphatic hydroxyl groups excluding tert-OH is 1. The molecule has 0 aromatic heterocycles. The lowest BCUT2D eigenvalue weighted by molar-refractivity contribution is -0.269. The van der Waals surface area contributed by atoms with Crippen molar-refractivity contribution >= 4 is 5.97 Å². The highest BCUT2D eigenvalue weighted by molar-refractivity contribution is 5.89. The third-order valence-corrected chi connectivity index (χ3v) is 4.40. The van der Waals surface area contributed by atoms with Crippen molar-refractivity contribution in [3.8, 4) is 0 Å². The van der Waals surface area contributed by atoms with Crippen molar-refractivity contribution in [1.29, 1.82) is 0 Å². The van der Waals surface area contributed by atoms with Crippen LogP contribution in [0.3, 0.4) is 0 Å². The van der Waals surface area contributed by atoms with Crippen LogP contribution in [0, 0.1) is 0 Å². The van der Waals surface area contributed by atoms with Crippen molar-refractivity contribution < 1.29 is 24.8 Å². The molecule has 25 heavy (non-hydrogen) atoms. The molecule has 0 radical (unpaired) electrons. The van der Waals surface area contributed by atoms with Gasteiger partial charge in [-0.3, -0.25) is 5.26 Å². The normalized spacial score (nSPS) is 20.1. The lowest BCUT2D eigenvalue weighted by atomic mass is 9.97. The predicted molar refractivity (Wildman–Crippen MR) is 98.0 cm³/mol. The zero-order chi connectivity index (χ0) is 18.8. The summed E-state index contributed by atoms with van der Waals surface area (Å²) in [4.78, 5) is 16.5. The second-order valence-electron chi connectivity index (χ2n) is 6.56. The summed E-state index contributed by atoms with van der Waals surface area (Å²) in [5.41, 5.74) is 3.52. The van der Waals surface area contributed by atoms with Gasteiger partial charge in [0, 0.05) is 12.0 Å². The van der Waals surface area contributed by atoms with Crippen molar-refractivity contribution in [2.24, 2.45) is 0 Å². The Labute approximate surface area is 150 Å². The number of aliphatic hydroxyl groups is 1.